The van der Waals surface area contributed by atoms with E-state index in [1.807, 2.05) is 0 Å². The van der Waals surface area contributed by atoms with Crippen LogP contribution in [-0.4, -0.2) is 36.2 Å². The van der Waals surface area contributed by atoms with Gasteiger partial charge in [0.1, 0.15) is 11.9 Å². The van der Waals surface area contributed by atoms with E-state index in [2.05, 4.69) is 5.32 Å². The van der Waals surface area contributed by atoms with E-state index >= 15 is 0 Å². The Hall–Kier alpha value is -1.10. The van der Waals surface area contributed by atoms with Gasteiger partial charge in [-0.15, -0.1) is 0 Å². The van der Waals surface area contributed by atoms with Crippen LogP contribution in [0.4, 0.5) is 4.79 Å². The molecule has 2 N–H and O–H groups in total. The number of carbonyl (C=O) groups is 2. The zero-order chi connectivity index (χ0) is 14.7. The zero-order valence-corrected chi connectivity index (χ0v) is 12.3. The van der Waals surface area contributed by atoms with E-state index in [1.54, 1.807) is 20.8 Å². The molecule has 1 aliphatic carbocycles. The van der Waals surface area contributed by atoms with Crippen LogP contribution in [0.2, 0.25) is 0 Å². The van der Waals surface area contributed by atoms with Gasteiger partial charge in [0.15, 0.2) is 0 Å². The normalized spacial score (nSPS) is 16.0. The fourth-order valence-corrected chi connectivity index (χ4v) is 1.74. The lowest BCUT2D eigenvalue weighted by atomic mass is 9.91. The maximum Gasteiger partial charge on any atom is 0.407 e. The van der Waals surface area contributed by atoms with Gasteiger partial charge in [-0.3, -0.25) is 0 Å². The molecule has 5 heteroatoms. The fraction of sp³-hybridized carbons (Fsp3) is 0.857. The molecule has 5 nitrogen and oxygen atoms in total. The van der Waals surface area contributed by atoms with Crippen LogP contribution in [0.1, 0.15) is 52.9 Å². The third kappa shape index (κ3) is 11.7. The number of rotatable bonds is 3. The topological polar surface area (TPSA) is 75.6 Å². The van der Waals surface area contributed by atoms with Gasteiger partial charge in [0, 0.05) is 12.5 Å². The number of carbonyl (C=O) groups excluding carboxylic acids is 2. The minimum Gasteiger partial charge on any atom is -0.444 e. The van der Waals surface area contributed by atoms with Crippen molar-refractivity contribution < 1.29 is 19.4 Å². The Bertz CT molecular complexity index is 255. The quantitative estimate of drug-likeness (QED) is 0.773. The maximum absolute atomic E-state index is 10.8. The highest BCUT2D eigenvalue weighted by atomic mass is 16.6. The molecule has 1 saturated carbocycles. The van der Waals surface area contributed by atoms with E-state index in [0.29, 0.717) is 5.92 Å². The van der Waals surface area contributed by atoms with Crippen LogP contribution in [-0.2, 0) is 9.53 Å². The number of hydrogen-bond acceptors (Lipinski definition) is 4. The first-order chi connectivity index (χ1) is 8.89. The lowest BCUT2D eigenvalue weighted by molar-refractivity contribution is -0.111. The van der Waals surface area contributed by atoms with E-state index in [1.165, 1.54) is 19.3 Å². The van der Waals surface area contributed by atoms with Crippen molar-refractivity contribution >= 4 is 12.4 Å². The standard InChI is InChI=1S/C7H15NO3.C7H12O/c1-7(2,3)11-6(10)8-4-5-9;8-6-7-4-2-1-3-5-7/h9H,4-5H2,1-3H3,(H,8,10);6-7H,1-5H2. The SMILES string of the molecule is CC(C)(C)OC(=O)NCCO.O=CC1CCCCC1. The van der Waals surface area contributed by atoms with E-state index in [0.717, 1.165) is 19.1 Å². The van der Waals surface area contributed by atoms with Gasteiger partial charge < -0.3 is 20.0 Å². The summed E-state index contributed by atoms with van der Waals surface area (Å²) in [5, 5.41) is 10.7. The number of aliphatic hydroxyl groups is 1. The second kappa shape index (κ2) is 9.78. The minimum absolute atomic E-state index is 0.0702. The Morgan fingerprint density at radius 2 is 1.89 bits per heavy atom. The fourth-order valence-electron chi connectivity index (χ4n) is 1.74. The van der Waals surface area contributed by atoms with Crippen molar-refractivity contribution in [3.8, 4) is 0 Å². The van der Waals surface area contributed by atoms with Gasteiger partial charge in [-0.05, 0) is 33.6 Å². The summed E-state index contributed by atoms with van der Waals surface area (Å²) in [6.45, 7) is 5.51. The molecule has 0 unspecified atom stereocenters. The molecule has 1 aliphatic rings. The van der Waals surface area contributed by atoms with Crippen LogP contribution in [0.3, 0.4) is 0 Å². The van der Waals surface area contributed by atoms with Gasteiger partial charge in [-0.1, -0.05) is 19.3 Å². The Kier molecular flexibility index (Phi) is 9.21. The average Bonchev–Trinajstić information content (AvgIpc) is 2.36. The number of ether oxygens (including phenoxy) is 1. The Morgan fingerprint density at radius 1 is 1.32 bits per heavy atom. The third-order valence-electron chi connectivity index (χ3n) is 2.62. The van der Waals surface area contributed by atoms with E-state index in [9.17, 15) is 9.59 Å². The number of aldehydes is 1. The largest absolute Gasteiger partial charge is 0.444 e. The van der Waals surface area contributed by atoms with Crippen LogP contribution in [0.5, 0.6) is 0 Å². The monoisotopic (exact) mass is 273 g/mol. The first-order valence-corrected chi connectivity index (χ1v) is 6.92. The molecular formula is C14H27NO4. The summed E-state index contributed by atoms with van der Waals surface area (Å²) in [7, 11) is 0. The molecule has 0 radical (unpaired) electrons. The van der Waals surface area contributed by atoms with Gasteiger partial charge in [0.05, 0.1) is 6.61 Å². The van der Waals surface area contributed by atoms with E-state index in [-0.39, 0.29) is 13.2 Å². The van der Waals surface area contributed by atoms with Gasteiger partial charge in [-0.25, -0.2) is 4.79 Å². The molecule has 0 spiro atoms. The summed E-state index contributed by atoms with van der Waals surface area (Å²) in [5.41, 5.74) is -0.473. The highest BCUT2D eigenvalue weighted by Gasteiger charge is 2.15. The smallest absolute Gasteiger partial charge is 0.407 e. The highest BCUT2D eigenvalue weighted by Crippen LogP contribution is 2.21. The van der Waals surface area contributed by atoms with Crippen LogP contribution >= 0.6 is 0 Å². The number of amides is 1. The van der Waals surface area contributed by atoms with Gasteiger partial charge in [0.2, 0.25) is 0 Å². The summed E-state index contributed by atoms with van der Waals surface area (Å²) in [6.07, 6.45) is 6.77. The molecule has 0 heterocycles. The molecule has 112 valence electrons. The summed E-state index contributed by atoms with van der Waals surface area (Å²) in [6, 6.07) is 0. The van der Waals surface area contributed by atoms with Crippen molar-refractivity contribution in [1.29, 1.82) is 0 Å². The van der Waals surface area contributed by atoms with Crippen LogP contribution in [0.25, 0.3) is 0 Å². The molecule has 0 saturated heterocycles. The molecule has 0 aromatic rings. The van der Waals surface area contributed by atoms with Crippen LogP contribution in [0.15, 0.2) is 0 Å². The maximum atomic E-state index is 10.8. The van der Waals surface area contributed by atoms with Crippen molar-refractivity contribution in [1.82, 2.24) is 5.32 Å². The van der Waals surface area contributed by atoms with Crippen LogP contribution < -0.4 is 5.32 Å². The summed E-state index contributed by atoms with van der Waals surface area (Å²) >= 11 is 0. The lowest BCUT2D eigenvalue weighted by Gasteiger charge is -2.19. The molecule has 1 fully saturated rings. The molecule has 0 aromatic carbocycles. The first kappa shape index (κ1) is 17.9. The third-order valence-corrected chi connectivity index (χ3v) is 2.62. The summed E-state index contributed by atoms with van der Waals surface area (Å²) < 4.78 is 4.88. The predicted octanol–water partition coefficient (Wildman–Crippen LogP) is 2.27. The Morgan fingerprint density at radius 3 is 2.26 bits per heavy atom. The predicted molar refractivity (Wildman–Crippen MR) is 74.0 cm³/mol. The highest BCUT2D eigenvalue weighted by molar-refractivity contribution is 5.67. The van der Waals surface area contributed by atoms with Gasteiger partial charge >= 0.3 is 6.09 Å². The molecular weight excluding hydrogens is 246 g/mol. The van der Waals surface area contributed by atoms with Crippen LogP contribution in [0, 0.1) is 5.92 Å². The van der Waals surface area contributed by atoms with Crippen molar-refractivity contribution in [3.63, 3.8) is 0 Å². The van der Waals surface area contributed by atoms with Crippen molar-refractivity contribution in [2.24, 2.45) is 5.92 Å². The zero-order valence-electron chi connectivity index (χ0n) is 12.3. The first-order valence-electron chi connectivity index (χ1n) is 6.92. The number of aliphatic hydroxyl groups excluding tert-OH is 1. The summed E-state index contributed by atoms with van der Waals surface area (Å²) in [4.78, 5) is 20.9. The number of nitrogens with one attached hydrogen (secondary N) is 1. The van der Waals surface area contributed by atoms with Crippen molar-refractivity contribution in [2.45, 2.75) is 58.5 Å². The molecule has 0 aliphatic heterocycles. The molecule has 1 rings (SSSR count). The van der Waals surface area contributed by atoms with E-state index < -0.39 is 11.7 Å². The Balaban J connectivity index is 0.000000356. The lowest BCUT2D eigenvalue weighted by Crippen LogP contribution is -2.33. The second-order valence-electron chi connectivity index (χ2n) is 5.69. The second-order valence-corrected chi connectivity index (χ2v) is 5.69. The van der Waals surface area contributed by atoms with Gasteiger partial charge in [0.25, 0.3) is 0 Å². The average molecular weight is 273 g/mol. The number of hydrogen-bond donors (Lipinski definition) is 2. The van der Waals surface area contributed by atoms with Crippen molar-refractivity contribution in [3.05, 3.63) is 0 Å². The Labute approximate surface area is 115 Å². The molecule has 0 bridgehead atoms. The molecule has 19 heavy (non-hydrogen) atoms. The number of alkyl carbamates (subject to hydrolysis) is 1. The molecule has 0 aromatic heterocycles. The van der Waals surface area contributed by atoms with E-state index in [4.69, 9.17) is 9.84 Å². The summed E-state index contributed by atoms with van der Waals surface area (Å²) in [5.74, 6) is 0.406. The molecule has 1 amide bonds. The van der Waals surface area contributed by atoms with Gasteiger partial charge in [-0.2, -0.15) is 0 Å². The minimum atomic E-state index is -0.494. The van der Waals surface area contributed by atoms with Crippen molar-refractivity contribution in [2.75, 3.05) is 13.2 Å². The molecule has 0 atom stereocenters.